The molecule has 1 N–H and O–H groups in total. The van der Waals surface area contributed by atoms with Gasteiger partial charge in [0, 0.05) is 11.4 Å². The van der Waals surface area contributed by atoms with Crippen molar-refractivity contribution < 1.29 is 0 Å². The molecule has 0 aromatic heterocycles. The summed E-state index contributed by atoms with van der Waals surface area (Å²) < 4.78 is 0. The maximum atomic E-state index is 3.50. The largest absolute Gasteiger partial charge is 0.312 e. The fraction of sp³-hybridized carbons (Fsp3) is 0.647. The lowest BCUT2D eigenvalue weighted by Crippen LogP contribution is -2.18. The molecule has 0 amide bonds. The van der Waals surface area contributed by atoms with E-state index in [2.05, 4.69) is 51.2 Å². The summed E-state index contributed by atoms with van der Waals surface area (Å²) in [5, 5.41) is 3.50. The van der Waals surface area contributed by atoms with Crippen molar-refractivity contribution in [2.24, 2.45) is 5.92 Å². The van der Waals surface area contributed by atoms with Crippen LogP contribution in [0.3, 0.4) is 0 Å². The third-order valence-corrected chi connectivity index (χ3v) is 4.39. The average molecular weight is 279 g/mol. The highest BCUT2D eigenvalue weighted by atomic mass is 32.2. The molecular weight excluding hydrogens is 250 g/mol. The molecule has 0 fully saturated rings. The Hall–Kier alpha value is -0.470. The molecule has 19 heavy (non-hydrogen) atoms. The van der Waals surface area contributed by atoms with E-state index in [-0.39, 0.29) is 0 Å². The van der Waals surface area contributed by atoms with Crippen LogP contribution in [-0.2, 0) is 6.54 Å². The van der Waals surface area contributed by atoms with Crippen LogP contribution >= 0.6 is 11.8 Å². The van der Waals surface area contributed by atoms with Crippen LogP contribution in [0.2, 0.25) is 0 Å². The van der Waals surface area contributed by atoms with E-state index in [1.165, 1.54) is 41.0 Å². The van der Waals surface area contributed by atoms with Crippen LogP contribution in [0, 0.1) is 12.8 Å². The zero-order valence-corrected chi connectivity index (χ0v) is 13.8. The van der Waals surface area contributed by atoms with Crippen LogP contribution in [0.4, 0.5) is 0 Å². The fourth-order valence-corrected chi connectivity index (χ4v) is 3.04. The maximum Gasteiger partial charge on any atom is 0.0205 e. The minimum absolute atomic E-state index is 0.717. The molecule has 2 heteroatoms. The van der Waals surface area contributed by atoms with Crippen LogP contribution in [0.25, 0.3) is 0 Å². The van der Waals surface area contributed by atoms with Gasteiger partial charge in [-0.25, -0.2) is 0 Å². The predicted molar refractivity (Wildman–Crippen MR) is 88.0 cm³/mol. The van der Waals surface area contributed by atoms with Crippen molar-refractivity contribution in [1.82, 2.24) is 5.32 Å². The van der Waals surface area contributed by atoms with Gasteiger partial charge in [0.1, 0.15) is 0 Å². The van der Waals surface area contributed by atoms with Gasteiger partial charge >= 0.3 is 0 Å². The monoisotopic (exact) mass is 279 g/mol. The van der Waals surface area contributed by atoms with Crippen molar-refractivity contribution in [2.45, 2.75) is 58.4 Å². The zero-order valence-electron chi connectivity index (χ0n) is 13.0. The molecule has 108 valence electrons. The molecule has 0 unspecified atom stereocenters. The highest BCUT2D eigenvalue weighted by Crippen LogP contribution is 2.24. The maximum absolute atomic E-state index is 3.50. The first kappa shape index (κ1) is 16.6. The molecule has 0 heterocycles. The van der Waals surface area contributed by atoms with E-state index < -0.39 is 0 Å². The molecule has 1 aromatic carbocycles. The third kappa shape index (κ3) is 7.03. The van der Waals surface area contributed by atoms with E-state index >= 15 is 0 Å². The third-order valence-electron chi connectivity index (χ3n) is 3.13. The number of benzene rings is 1. The summed E-state index contributed by atoms with van der Waals surface area (Å²) in [6, 6.07) is 6.89. The van der Waals surface area contributed by atoms with Gasteiger partial charge in [0.15, 0.2) is 0 Å². The SMILES string of the molecule is CCCCCSc1ccc(CNCC(C)C)cc1C. The summed E-state index contributed by atoms with van der Waals surface area (Å²) in [6.45, 7) is 11.1. The van der Waals surface area contributed by atoms with Gasteiger partial charge in [-0.2, -0.15) is 0 Å². The molecule has 1 nitrogen and oxygen atoms in total. The standard InChI is InChI=1S/C17H29NS/c1-5-6-7-10-19-17-9-8-16(11-15(17)4)13-18-12-14(2)3/h8-9,11,14,18H,5-7,10,12-13H2,1-4H3. The molecule has 0 saturated carbocycles. The van der Waals surface area contributed by atoms with Gasteiger partial charge in [-0.15, -0.1) is 11.8 Å². The van der Waals surface area contributed by atoms with Gasteiger partial charge in [0.05, 0.1) is 0 Å². The van der Waals surface area contributed by atoms with Crippen molar-refractivity contribution in [3.63, 3.8) is 0 Å². The zero-order chi connectivity index (χ0) is 14.1. The Morgan fingerprint density at radius 1 is 1.21 bits per heavy atom. The Kier molecular flexibility index (Phi) is 8.24. The molecule has 0 atom stereocenters. The number of thioether (sulfide) groups is 1. The first-order chi connectivity index (χ1) is 9.13. The van der Waals surface area contributed by atoms with Gasteiger partial charge in [0.25, 0.3) is 0 Å². The van der Waals surface area contributed by atoms with Crippen LogP contribution in [0.5, 0.6) is 0 Å². The molecular formula is C17H29NS. The Morgan fingerprint density at radius 3 is 2.63 bits per heavy atom. The summed E-state index contributed by atoms with van der Waals surface area (Å²) in [5.74, 6) is 1.97. The smallest absolute Gasteiger partial charge is 0.0205 e. The minimum Gasteiger partial charge on any atom is -0.312 e. The number of rotatable bonds is 9. The molecule has 0 aliphatic heterocycles. The lowest BCUT2D eigenvalue weighted by molar-refractivity contribution is 0.552. The number of unbranched alkanes of at least 4 members (excludes halogenated alkanes) is 2. The van der Waals surface area contributed by atoms with E-state index in [4.69, 9.17) is 0 Å². The summed E-state index contributed by atoms with van der Waals surface area (Å²) in [4.78, 5) is 1.45. The second kappa shape index (κ2) is 9.44. The minimum atomic E-state index is 0.717. The highest BCUT2D eigenvalue weighted by Gasteiger charge is 2.01. The van der Waals surface area contributed by atoms with Crippen molar-refractivity contribution in [1.29, 1.82) is 0 Å². The number of hydrogen-bond acceptors (Lipinski definition) is 2. The molecule has 0 aliphatic carbocycles. The lowest BCUT2D eigenvalue weighted by atomic mass is 10.1. The molecule has 1 rings (SSSR count). The topological polar surface area (TPSA) is 12.0 Å². The Bertz CT molecular complexity index is 360. The van der Waals surface area contributed by atoms with E-state index in [0.29, 0.717) is 0 Å². The molecule has 0 spiro atoms. The van der Waals surface area contributed by atoms with E-state index in [9.17, 15) is 0 Å². The van der Waals surface area contributed by atoms with Gasteiger partial charge in [0.2, 0.25) is 0 Å². The Labute approximate surface area is 123 Å². The normalized spacial score (nSPS) is 11.2. The van der Waals surface area contributed by atoms with Crippen LogP contribution in [0.1, 0.15) is 51.2 Å². The van der Waals surface area contributed by atoms with Gasteiger partial charge < -0.3 is 5.32 Å². The van der Waals surface area contributed by atoms with Gasteiger partial charge in [-0.1, -0.05) is 45.7 Å². The van der Waals surface area contributed by atoms with Crippen LogP contribution in [-0.4, -0.2) is 12.3 Å². The average Bonchev–Trinajstić information content (AvgIpc) is 2.36. The Morgan fingerprint density at radius 2 is 2.00 bits per heavy atom. The molecule has 1 aromatic rings. The predicted octanol–water partition coefficient (Wildman–Crippen LogP) is 5.02. The summed E-state index contributed by atoms with van der Waals surface area (Å²) in [7, 11) is 0. The Balaban J connectivity index is 2.40. The summed E-state index contributed by atoms with van der Waals surface area (Å²) in [6.07, 6.45) is 3.99. The van der Waals surface area contributed by atoms with Crippen molar-refractivity contribution in [3.05, 3.63) is 29.3 Å². The molecule has 0 aliphatic rings. The van der Waals surface area contributed by atoms with E-state index in [1.807, 2.05) is 11.8 Å². The van der Waals surface area contributed by atoms with Crippen molar-refractivity contribution in [3.8, 4) is 0 Å². The quantitative estimate of drug-likeness (QED) is 0.503. The molecule has 0 bridgehead atoms. The first-order valence-corrected chi connectivity index (χ1v) is 8.55. The van der Waals surface area contributed by atoms with E-state index in [1.54, 1.807) is 0 Å². The van der Waals surface area contributed by atoms with Crippen LogP contribution in [0.15, 0.2) is 23.1 Å². The van der Waals surface area contributed by atoms with Gasteiger partial charge in [-0.05, 0) is 48.8 Å². The molecule has 0 radical (unpaired) electrons. The summed E-state index contributed by atoms with van der Waals surface area (Å²) in [5.41, 5.74) is 2.82. The second-order valence-electron chi connectivity index (χ2n) is 5.68. The fourth-order valence-electron chi connectivity index (χ4n) is 2.02. The van der Waals surface area contributed by atoms with Gasteiger partial charge in [-0.3, -0.25) is 0 Å². The summed E-state index contributed by atoms with van der Waals surface area (Å²) >= 11 is 2.00. The first-order valence-electron chi connectivity index (χ1n) is 7.56. The number of hydrogen-bond donors (Lipinski definition) is 1. The van der Waals surface area contributed by atoms with Crippen LogP contribution < -0.4 is 5.32 Å². The van der Waals surface area contributed by atoms with Crippen molar-refractivity contribution >= 4 is 11.8 Å². The molecule has 0 saturated heterocycles. The highest BCUT2D eigenvalue weighted by molar-refractivity contribution is 7.99. The van der Waals surface area contributed by atoms with E-state index in [0.717, 1.165) is 19.0 Å². The number of nitrogens with one attached hydrogen (secondary N) is 1. The lowest BCUT2D eigenvalue weighted by Gasteiger charge is -2.10. The number of aryl methyl sites for hydroxylation is 1. The second-order valence-corrected chi connectivity index (χ2v) is 6.82. The van der Waals surface area contributed by atoms with Crippen molar-refractivity contribution in [2.75, 3.05) is 12.3 Å².